The average Bonchev–Trinajstić information content (AvgIpc) is 2.51. The van der Waals surface area contributed by atoms with Gasteiger partial charge in [0.15, 0.2) is 0 Å². The molecule has 7 nitrogen and oxygen atoms in total. The van der Waals surface area contributed by atoms with Crippen LogP contribution >= 0.6 is 11.6 Å². The van der Waals surface area contributed by atoms with Crippen LogP contribution in [-0.4, -0.2) is 27.6 Å². The van der Waals surface area contributed by atoms with Crippen molar-refractivity contribution in [3.05, 3.63) is 62.7 Å². The van der Waals surface area contributed by atoms with Crippen molar-refractivity contribution in [2.45, 2.75) is 33.0 Å². The molecule has 124 valence electrons. The lowest BCUT2D eigenvalue weighted by Crippen LogP contribution is -2.55. The van der Waals surface area contributed by atoms with Crippen LogP contribution in [0.25, 0.3) is 0 Å². The van der Waals surface area contributed by atoms with Crippen molar-refractivity contribution in [2.24, 2.45) is 0 Å². The van der Waals surface area contributed by atoms with Crippen LogP contribution in [0.1, 0.15) is 32.4 Å². The fourth-order valence-electron chi connectivity index (χ4n) is 2.37. The molecule has 0 spiro atoms. The van der Waals surface area contributed by atoms with Crippen LogP contribution in [0.4, 0.5) is 0 Å². The van der Waals surface area contributed by atoms with Gasteiger partial charge in [0.1, 0.15) is 10.9 Å². The smallest absolute Gasteiger partial charge is 0.284 e. The molecule has 0 radical (unpaired) electrons. The van der Waals surface area contributed by atoms with E-state index in [0.717, 1.165) is 5.56 Å². The summed E-state index contributed by atoms with van der Waals surface area (Å²) in [5, 5.41) is 16.6. The third-order valence-electron chi connectivity index (χ3n) is 3.64. The van der Waals surface area contributed by atoms with Gasteiger partial charge < -0.3 is 0 Å². The number of allylic oxidation sites excluding steroid dienone is 2. The van der Waals surface area contributed by atoms with Gasteiger partial charge in [0.2, 0.25) is 0 Å². The summed E-state index contributed by atoms with van der Waals surface area (Å²) in [4.78, 5) is 15.0. The molecule has 23 heavy (non-hydrogen) atoms. The minimum absolute atomic E-state index is 0.0876. The Bertz CT molecular complexity index is 629. The van der Waals surface area contributed by atoms with Crippen molar-refractivity contribution in [1.29, 1.82) is 0 Å². The number of nitrogens with zero attached hydrogens (tertiary/aromatic N) is 3. The number of nitro groups is 1. The first-order chi connectivity index (χ1) is 10.9. The van der Waals surface area contributed by atoms with Crippen LogP contribution in [0, 0.1) is 10.1 Å². The number of hydrogen-bond acceptors (Lipinski definition) is 6. The highest BCUT2D eigenvalue weighted by Gasteiger charge is 2.31. The van der Waals surface area contributed by atoms with Crippen molar-refractivity contribution in [2.75, 3.05) is 6.54 Å². The minimum Gasteiger partial charge on any atom is -0.286 e. The standard InChI is InChI=1S/C15H20ClN5O2/c1-4-5-13-14(21(22)23)9-17-11(3)20(13)19-10(2)12-6-7-15(16)18-8-12/h4-8,10-11,17,19H,9H2,1-3H3. The number of halogens is 1. The zero-order chi connectivity index (χ0) is 17.0. The second-order valence-corrected chi connectivity index (χ2v) is 5.67. The molecule has 1 aliphatic heterocycles. The molecule has 0 saturated carbocycles. The molecule has 0 bridgehead atoms. The summed E-state index contributed by atoms with van der Waals surface area (Å²) in [6, 6.07) is 3.51. The zero-order valence-corrected chi connectivity index (χ0v) is 14.0. The fraction of sp³-hybridized carbons (Fsp3) is 0.400. The van der Waals surface area contributed by atoms with Gasteiger partial charge in [0.25, 0.3) is 5.70 Å². The van der Waals surface area contributed by atoms with E-state index in [1.54, 1.807) is 29.4 Å². The van der Waals surface area contributed by atoms with Crippen molar-refractivity contribution in [3.63, 3.8) is 0 Å². The van der Waals surface area contributed by atoms with E-state index in [9.17, 15) is 10.1 Å². The Balaban J connectivity index is 2.28. The largest absolute Gasteiger partial charge is 0.286 e. The maximum absolute atomic E-state index is 11.3. The Morgan fingerprint density at radius 2 is 2.35 bits per heavy atom. The maximum atomic E-state index is 11.3. The highest BCUT2D eigenvalue weighted by Crippen LogP contribution is 2.21. The van der Waals surface area contributed by atoms with Gasteiger partial charge in [-0.3, -0.25) is 20.4 Å². The Kier molecular flexibility index (Phi) is 5.70. The van der Waals surface area contributed by atoms with Crippen LogP contribution in [0.15, 0.2) is 41.9 Å². The summed E-state index contributed by atoms with van der Waals surface area (Å²) < 4.78 is 0. The van der Waals surface area contributed by atoms with Crippen molar-refractivity contribution >= 4 is 11.6 Å². The lowest BCUT2D eigenvalue weighted by Gasteiger charge is -2.37. The number of hydrazine groups is 1. The van der Waals surface area contributed by atoms with Crippen LogP contribution in [0.3, 0.4) is 0 Å². The summed E-state index contributed by atoms with van der Waals surface area (Å²) in [7, 11) is 0. The summed E-state index contributed by atoms with van der Waals surface area (Å²) in [6.45, 7) is 5.97. The SMILES string of the molecule is CC=CC1=C([N+](=O)[O-])CNC(C)N1NC(C)c1ccc(Cl)nc1. The lowest BCUT2D eigenvalue weighted by molar-refractivity contribution is -0.430. The van der Waals surface area contributed by atoms with Crippen LogP contribution in [0.5, 0.6) is 0 Å². The fourth-order valence-corrected chi connectivity index (χ4v) is 2.49. The predicted molar refractivity (Wildman–Crippen MR) is 88.9 cm³/mol. The Hall–Kier alpha value is -1.96. The maximum Gasteiger partial charge on any atom is 0.284 e. The highest BCUT2D eigenvalue weighted by atomic mass is 35.5. The average molecular weight is 338 g/mol. The molecule has 0 saturated heterocycles. The first-order valence-electron chi connectivity index (χ1n) is 7.34. The zero-order valence-electron chi connectivity index (χ0n) is 13.3. The molecular weight excluding hydrogens is 318 g/mol. The summed E-state index contributed by atoms with van der Waals surface area (Å²) >= 11 is 5.81. The monoisotopic (exact) mass is 337 g/mol. The summed E-state index contributed by atoms with van der Waals surface area (Å²) in [5.41, 5.74) is 4.93. The molecular formula is C15H20ClN5O2. The van der Waals surface area contributed by atoms with Crippen molar-refractivity contribution < 1.29 is 4.92 Å². The second kappa shape index (κ2) is 7.54. The van der Waals surface area contributed by atoms with Gasteiger partial charge in [-0.15, -0.1) is 0 Å². The van der Waals surface area contributed by atoms with Gasteiger partial charge in [-0.25, -0.2) is 10.4 Å². The first kappa shape index (κ1) is 17.4. The van der Waals surface area contributed by atoms with Crippen LogP contribution < -0.4 is 10.7 Å². The molecule has 1 aliphatic rings. The Morgan fingerprint density at radius 3 is 2.91 bits per heavy atom. The number of rotatable bonds is 5. The number of hydrogen-bond donors (Lipinski definition) is 2. The van der Waals surface area contributed by atoms with E-state index in [2.05, 4.69) is 15.7 Å². The van der Waals surface area contributed by atoms with Crippen molar-refractivity contribution in [1.82, 2.24) is 20.7 Å². The summed E-state index contributed by atoms with van der Waals surface area (Å²) in [6.07, 6.45) is 5.14. The molecule has 2 unspecified atom stereocenters. The topological polar surface area (TPSA) is 83.3 Å². The molecule has 0 aliphatic carbocycles. The van der Waals surface area contributed by atoms with E-state index in [1.165, 1.54) is 0 Å². The third-order valence-corrected chi connectivity index (χ3v) is 3.86. The summed E-state index contributed by atoms with van der Waals surface area (Å²) in [5.74, 6) is 0. The van der Waals surface area contributed by atoms with E-state index in [0.29, 0.717) is 10.9 Å². The molecule has 1 aromatic heterocycles. The molecule has 2 atom stereocenters. The Labute approximate surface area is 140 Å². The van der Waals surface area contributed by atoms with Gasteiger partial charge >= 0.3 is 0 Å². The van der Waals surface area contributed by atoms with Gasteiger partial charge in [0.05, 0.1) is 17.6 Å². The third kappa shape index (κ3) is 4.07. The molecule has 8 heteroatoms. The van der Waals surface area contributed by atoms with Crippen molar-refractivity contribution in [3.8, 4) is 0 Å². The van der Waals surface area contributed by atoms with E-state index in [1.807, 2.05) is 26.8 Å². The molecule has 2 heterocycles. The second-order valence-electron chi connectivity index (χ2n) is 5.28. The van der Waals surface area contributed by atoms with Crippen LogP contribution in [-0.2, 0) is 0 Å². The Morgan fingerprint density at radius 1 is 1.61 bits per heavy atom. The molecule has 0 fully saturated rings. The minimum atomic E-state index is -0.350. The number of nitrogens with one attached hydrogen (secondary N) is 2. The van der Waals surface area contributed by atoms with Crippen LogP contribution in [0.2, 0.25) is 5.15 Å². The predicted octanol–water partition coefficient (Wildman–Crippen LogP) is 2.62. The number of aromatic nitrogens is 1. The highest BCUT2D eigenvalue weighted by molar-refractivity contribution is 6.29. The lowest BCUT2D eigenvalue weighted by atomic mass is 10.1. The van der Waals surface area contributed by atoms with E-state index < -0.39 is 0 Å². The van der Waals surface area contributed by atoms with Gasteiger partial charge in [-0.2, -0.15) is 0 Å². The molecule has 1 aromatic rings. The van der Waals surface area contributed by atoms with Gasteiger partial charge in [-0.05, 0) is 38.5 Å². The van der Waals surface area contributed by atoms with E-state index in [4.69, 9.17) is 11.6 Å². The molecule has 0 amide bonds. The van der Waals surface area contributed by atoms with E-state index >= 15 is 0 Å². The quantitative estimate of drug-likeness (QED) is 0.488. The molecule has 0 aromatic carbocycles. The van der Waals surface area contributed by atoms with Gasteiger partial charge in [-0.1, -0.05) is 23.7 Å². The normalized spacial score (nSPS) is 20.2. The molecule has 2 rings (SSSR count). The number of pyridine rings is 1. The first-order valence-corrected chi connectivity index (χ1v) is 7.72. The molecule has 2 N–H and O–H groups in total. The van der Waals surface area contributed by atoms with E-state index in [-0.39, 0.29) is 29.4 Å². The van der Waals surface area contributed by atoms with Gasteiger partial charge in [0, 0.05) is 12.2 Å².